The summed E-state index contributed by atoms with van der Waals surface area (Å²) in [7, 11) is 0. The van der Waals surface area contributed by atoms with Crippen LogP contribution in [0.25, 0.3) is 0 Å². The molecule has 3 unspecified atom stereocenters. The Hall–Kier alpha value is -1.48. The molecule has 2 N–H and O–H groups in total. The first-order valence-corrected chi connectivity index (χ1v) is 4.78. The zero-order valence-electron chi connectivity index (χ0n) is 8.30. The van der Waals surface area contributed by atoms with Crippen LogP contribution in [0.3, 0.4) is 0 Å². The lowest BCUT2D eigenvalue weighted by atomic mass is 10.1. The van der Waals surface area contributed by atoms with Gasteiger partial charge in [0.2, 0.25) is 5.95 Å². The molecule has 0 aromatic carbocycles. The Morgan fingerprint density at radius 2 is 2.25 bits per heavy atom. The molecule has 0 bridgehead atoms. The summed E-state index contributed by atoms with van der Waals surface area (Å²) in [4.78, 5) is 3.54. The minimum Gasteiger partial charge on any atom is -0.388 e. The molecule has 4 nitrogen and oxygen atoms in total. The fraction of sp³-hybridized carbons (Fsp3) is 0.364. The lowest BCUT2D eigenvalue weighted by Gasteiger charge is -2.07. The molecule has 1 aliphatic rings. The summed E-state index contributed by atoms with van der Waals surface area (Å²) in [5.41, 5.74) is 0.261. The van der Waals surface area contributed by atoms with E-state index in [0.29, 0.717) is 0 Å². The van der Waals surface area contributed by atoms with Crippen molar-refractivity contribution in [2.45, 2.75) is 18.3 Å². The molecule has 84 valence electrons. The molecule has 2 heterocycles. The Bertz CT molecular complexity index is 440. The molecular weight excluding hydrogens is 213 g/mol. The van der Waals surface area contributed by atoms with Gasteiger partial charge in [-0.15, -0.1) is 0 Å². The number of halogens is 1. The number of aromatic nitrogens is 1. The first kappa shape index (κ1) is 11.0. The van der Waals surface area contributed by atoms with Crippen LogP contribution in [-0.4, -0.2) is 40.1 Å². The number of aliphatic hydroxyl groups is 2. The maximum atomic E-state index is 12.7. The van der Waals surface area contributed by atoms with Crippen molar-refractivity contribution in [3.8, 4) is 11.8 Å². The van der Waals surface area contributed by atoms with Crippen molar-refractivity contribution < 1.29 is 19.3 Å². The summed E-state index contributed by atoms with van der Waals surface area (Å²) in [6, 6.07) is 4.26. The summed E-state index contributed by atoms with van der Waals surface area (Å²) >= 11 is 0. The van der Waals surface area contributed by atoms with E-state index >= 15 is 0 Å². The van der Waals surface area contributed by atoms with Crippen molar-refractivity contribution in [2.75, 3.05) is 6.61 Å². The third-order valence-corrected chi connectivity index (χ3v) is 2.21. The van der Waals surface area contributed by atoms with E-state index in [2.05, 4.69) is 16.8 Å². The summed E-state index contributed by atoms with van der Waals surface area (Å²) in [6.07, 6.45) is -2.69. The van der Waals surface area contributed by atoms with Gasteiger partial charge in [-0.2, -0.15) is 4.39 Å². The lowest BCUT2D eigenvalue weighted by Crippen LogP contribution is -2.28. The Balaban J connectivity index is 2.10. The second kappa shape index (κ2) is 4.58. The van der Waals surface area contributed by atoms with E-state index in [1.165, 1.54) is 12.1 Å². The quantitative estimate of drug-likeness (QED) is 0.468. The standard InChI is InChI=1S/C11H10FNO3/c12-10-3-1-2-7(13-10)4-5-9-11(15)8(14)6-16-9/h1-3,8-9,11,14-15H,6H2. The minimum absolute atomic E-state index is 0.0527. The zero-order chi connectivity index (χ0) is 11.5. The summed E-state index contributed by atoms with van der Waals surface area (Å²) in [6.45, 7) is 0.0527. The minimum atomic E-state index is -1.03. The molecule has 1 saturated heterocycles. The number of hydrogen-bond donors (Lipinski definition) is 2. The number of aliphatic hydroxyl groups excluding tert-OH is 2. The highest BCUT2D eigenvalue weighted by atomic mass is 19.1. The van der Waals surface area contributed by atoms with Gasteiger partial charge in [0.15, 0.2) is 0 Å². The van der Waals surface area contributed by atoms with Crippen molar-refractivity contribution >= 4 is 0 Å². The maximum Gasteiger partial charge on any atom is 0.214 e. The monoisotopic (exact) mass is 223 g/mol. The molecule has 0 amide bonds. The van der Waals surface area contributed by atoms with E-state index in [1.54, 1.807) is 6.07 Å². The first-order chi connectivity index (χ1) is 7.66. The average Bonchev–Trinajstić information content (AvgIpc) is 2.57. The lowest BCUT2D eigenvalue weighted by molar-refractivity contribution is 0.0447. The van der Waals surface area contributed by atoms with Gasteiger partial charge in [-0.3, -0.25) is 0 Å². The van der Waals surface area contributed by atoms with Gasteiger partial charge in [0, 0.05) is 0 Å². The Morgan fingerprint density at radius 1 is 1.44 bits per heavy atom. The van der Waals surface area contributed by atoms with E-state index < -0.39 is 24.3 Å². The largest absolute Gasteiger partial charge is 0.388 e. The van der Waals surface area contributed by atoms with Gasteiger partial charge in [0.1, 0.15) is 24.0 Å². The van der Waals surface area contributed by atoms with E-state index in [0.717, 1.165) is 0 Å². The summed E-state index contributed by atoms with van der Waals surface area (Å²) < 4.78 is 17.7. The van der Waals surface area contributed by atoms with Gasteiger partial charge >= 0.3 is 0 Å². The van der Waals surface area contributed by atoms with E-state index in [-0.39, 0.29) is 12.3 Å². The fourth-order valence-electron chi connectivity index (χ4n) is 1.35. The molecule has 16 heavy (non-hydrogen) atoms. The highest BCUT2D eigenvalue weighted by molar-refractivity contribution is 5.29. The van der Waals surface area contributed by atoms with Crippen LogP contribution in [0.5, 0.6) is 0 Å². The van der Waals surface area contributed by atoms with Crippen molar-refractivity contribution in [3.63, 3.8) is 0 Å². The van der Waals surface area contributed by atoms with Gasteiger partial charge in [0.25, 0.3) is 0 Å². The summed E-state index contributed by atoms with van der Waals surface area (Å²) in [5.74, 6) is 4.56. The van der Waals surface area contributed by atoms with Gasteiger partial charge in [-0.25, -0.2) is 4.98 Å². The van der Waals surface area contributed by atoms with Crippen LogP contribution in [-0.2, 0) is 4.74 Å². The van der Waals surface area contributed by atoms with Crippen LogP contribution in [0.15, 0.2) is 18.2 Å². The van der Waals surface area contributed by atoms with Crippen LogP contribution in [0.4, 0.5) is 4.39 Å². The van der Waals surface area contributed by atoms with E-state index in [1.807, 2.05) is 0 Å². The molecule has 0 spiro atoms. The Kier molecular flexibility index (Phi) is 3.15. The van der Waals surface area contributed by atoms with E-state index in [4.69, 9.17) is 4.74 Å². The molecule has 1 fully saturated rings. The molecule has 3 atom stereocenters. The van der Waals surface area contributed by atoms with Crippen molar-refractivity contribution in [1.29, 1.82) is 0 Å². The second-order valence-corrected chi connectivity index (χ2v) is 3.43. The molecule has 5 heteroatoms. The highest BCUT2D eigenvalue weighted by Crippen LogP contribution is 2.13. The fourth-order valence-corrected chi connectivity index (χ4v) is 1.35. The number of ether oxygens (including phenoxy) is 1. The zero-order valence-corrected chi connectivity index (χ0v) is 8.30. The Morgan fingerprint density at radius 3 is 2.88 bits per heavy atom. The molecule has 1 aromatic heterocycles. The molecule has 1 aliphatic heterocycles. The van der Waals surface area contributed by atoms with Crippen LogP contribution >= 0.6 is 0 Å². The highest BCUT2D eigenvalue weighted by Gasteiger charge is 2.33. The predicted molar refractivity (Wildman–Crippen MR) is 52.8 cm³/mol. The van der Waals surface area contributed by atoms with Crippen LogP contribution in [0.2, 0.25) is 0 Å². The van der Waals surface area contributed by atoms with Crippen LogP contribution in [0, 0.1) is 17.8 Å². The van der Waals surface area contributed by atoms with Gasteiger partial charge in [-0.05, 0) is 18.1 Å². The van der Waals surface area contributed by atoms with Gasteiger partial charge in [0.05, 0.1) is 6.61 Å². The SMILES string of the molecule is OC1COC(C#Cc2cccc(F)n2)C1O. The average molecular weight is 223 g/mol. The number of pyridine rings is 1. The number of nitrogens with zero attached hydrogens (tertiary/aromatic N) is 1. The maximum absolute atomic E-state index is 12.7. The molecule has 1 aromatic rings. The van der Waals surface area contributed by atoms with Crippen molar-refractivity contribution in [3.05, 3.63) is 29.8 Å². The van der Waals surface area contributed by atoms with Crippen molar-refractivity contribution in [2.24, 2.45) is 0 Å². The molecule has 0 radical (unpaired) electrons. The molecule has 2 rings (SSSR count). The second-order valence-electron chi connectivity index (χ2n) is 3.43. The molecule has 0 aliphatic carbocycles. The third-order valence-electron chi connectivity index (χ3n) is 2.21. The first-order valence-electron chi connectivity index (χ1n) is 4.78. The van der Waals surface area contributed by atoms with Crippen molar-refractivity contribution in [1.82, 2.24) is 4.98 Å². The predicted octanol–water partition coefficient (Wildman–Crippen LogP) is -0.307. The Labute approximate surface area is 91.7 Å². The number of hydrogen-bond acceptors (Lipinski definition) is 4. The third kappa shape index (κ3) is 2.36. The smallest absolute Gasteiger partial charge is 0.214 e. The van der Waals surface area contributed by atoms with Crippen LogP contribution < -0.4 is 0 Å². The number of rotatable bonds is 0. The van der Waals surface area contributed by atoms with Gasteiger partial charge in [-0.1, -0.05) is 12.0 Å². The van der Waals surface area contributed by atoms with E-state index in [9.17, 15) is 14.6 Å². The molecular formula is C11H10FNO3. The topological polar surface area (TPSA) is 62.6 Å². The van der Waals surface area contributed by atoms with Crippen LogP contribution in [0.1, 0.15) is 5.69 Å². The molecule has 0 saturated carbocycles. The van der Waals surface area contributed by atoms with Gasteiger partial charge < -0.3 is 14.9 Å². The summed E-state index contributed by atoms with van der Waals surface area (Å²) in [5, 5.41) is 18.6. The normalized spacial score (nSPS) is 28.6.